The van der Waals surface area contributed by atoms with Crippen LogP contribution < -0.4 is 0 Å². The van der Waals surface area contributed by atoms with Gasteiger partial charge in [-0.05, 0) is 37.0 Å². The molecular weight excluding hydrogens is 362 g/mol. The Kier molecular flexibility index (Phi) is 6.71. The maximum Gasteiger partial charge on any atom is 0.228 e. The summed E-state index contributed by atoms with van der Waals surface area (Å²) in [7, 11) is 0. The third kappa shape index (κ3) is 4.68. The summed E-state index contributed by atoms with van der Waals surface area (Å²) in [6, 6.07) is 10.1. The Morgan fingerprint density at radius 3 is 2.38 bits per heavy atom. The van der Waals surface area contributed by atoms with Gasteiger partial charge in [0.1, 0.15) is 0 Å². The van der Waals surface area contributed by atoms with E-state index in [1.807, 2.05) is 35.4 Å². The molecule has 1 atom stereocenters. The Balaban J connectivity index is 1.70. The minimum Gasteiger partial charge on any atom is -0.347 e. The molecule has 0 aliphatic carbocycles. The number of nitrogens with one attached hydrogen (secondary N) is 1. The van der Waals surface area contributed by atoms with Crippen LogP contribution in [0.4, 0.5) is 0 Å². The van der Waals surface area contributed by atoms with Crippen LogP contribution in [0.15, 0.2) is 36.8 Å². The maximum atomic E-state index is 13.0. The number of carbonyl (C=O) groups is 1. The topological polar surface area (TPSA) is 76.0 Å². The number of benzene rings is 1. The SMILES string of the molecule is CCC(C)(CC)C(=O)N1CCN(C(Cc2ccc(C#N)cc2)c2cnc[nH]2)CC1. The zero-order chi connectivity index (χ0) is 20.9. The van der Waals surface area contributed by atoms with Crippen molar-refractivity contribution in [3.63, 3.8) is 0 Å². The third-order valence-electron chi connectivity index (χ3n) is 6.51. The number of hydrogen-bond acceptors (Lipinski definition) is 4. The van der Waals surface area contributed by atoms with E-state index >= 15 is 0 Å². The monoisotopic (exact) mass is 393 g/mol. The van der Waals surface area contributed by atoms with Crippen LogP contribution in [0.3, 0.4) is 0 Å². The van der Waals surface area contributed by atoms with Crippen LogP contribution in [0.2, 0.25) is 0 Å². The van der Waals surface area contributed by atoms with Crippen molar-refractivity contribution >= 4 is 5.91 Å². The molecule has 0 spiro atoms. The van der Waals surface area contributed by atoms with Gasteiger partial charge in [-0.3, -0.25) is 9.69 Å². The van der Waals surface area contributed by atoms with Gasteiger partial charge in [-0.25, -0.2) is 4.98 Å². The normalized spacial score (nSPS) is 16.4. The van der Waals surface area contributed by atoms with Gasteiger partial charge in [0, 0.05) is 37.8 Å². The molecule has 154 valence electrons. The van der Waals surface area contributed by atoms with Gasteiger partial charge in [0.05, 0.1) is 29.7 Å². The molecule has 2 heterocycles. The number of aromatic amines is 1. The molecule has 1 N–H and O–H groups in total. The number of rotatable bonds is 7. The number of aromatic nitrogens is 2. The lowest BCUT2D eigenvalue weighted by Gasteiger charge is -2.42. The Bertz CT molecular complexity index is 825. The number of hydrogen-bond donors (Lipinski definition) is 1. The zero-order valence-corrected chi connectivity index (χ0v) is 17.7. The molecule has 1 fully saturated rings. The molecule has 1 aliphatic rings. The lowest BCUT2D eigenvalue weighted by atomic mass is 9.83. The van der Waals surface area contributed by atoms with Crippen molar-refractivity contribution in [2.24, 2.45) is 5.41 Å². The Morgan fingerprint density at radius 1 is 1.21 bits per heavy atom. The summed E-state index contributed by atoms with van der Waals surface area (Å²) in [5.41, 5.74) is 2.69. The second kappa shape index (κ2) is 9.23. The number of H-pyrrole nitrogens is 1. The first kappa shape index (κ1) is 21.1. The van der Waals surface area contributed by atoms with Crippen LogP contribution in [0.1, 0.15) is 56.5 Å². The molecule has 1 aliphatic heterocycles. The molecular formula is C23H31N5O. The summed E-state index contributed by atoms with van der Waals surface area (Å²) < 4.78 is 0. The minimum absolute atomic E-state index is 0.173. The summed E-state index contributed by atoms with van der Waals surface area (Å²) in [5.74, 6) is 0.285. The second-order valence-electron chi connectivity index (χ2n) is 8.13. The van der Waals surface area contributed by atoms with Gasteiger partial charge >= 0.3 is 0 Å². The zero-order valence-electron chi connectivity index (χ0n) is 17.7. The van der Waals surface area contributed by atoms with Gasteiger partial charge in [0.2, 0.25) is 5.91 Å². The number of carbonyl (C=O) groups excluding carboxylic acids is 1. The molecule has 6 heteroatoms. The van der Waals surface area contributed by atoms with Crippen LogP contribution in [0.5, 0.6) is 0 Å². The number of nitrogens with zero attached hydrogens (tertiary/aromatic N) is 4. The predicted octanol–water partition coefficient (Wildman–Crippen LogP) is 3.54. The molecule has 0 saturated carbocycles. The number of piperazine rings is 1. The van der Waals surface area contributed by atoms with Gasteiger partial charge in [-0.15, -0.1) is 0 Å². The van der Waals surface area contributed by atoms with Crippen LogP contribution in [-0.4, -0.2) is 51.9 Å². The number of amides is 1. The molecule has 1 aromatic heterocycles. The average molecular weight is 394 g/mol. The van der Waals surface area contributed by atoms with Crippen LogP contribution in [0, 0.1) is 16.7 Å². The highest BCUT2D eigenvalue weighted by atomic mass is 16.2. The first-order chi connectivity index (χ1) is 14.0. The number of nitriles is 1. The van der Waals surface area contributed by atoms with Crippen molar-refractivity contribution in [2.45, 2.75) is 46.1 Å². The first-order valence-corrected chi connectivity index (χ1v) is 10.5. The largest absolute Gasteiger partial charge is 0.347 e. The van der Waals surface area contributed by atoms with E-state index in [1.165, 1.54) is 5.56 Å². The van der Waals surface area contributed by atoms with E-state index in [4.69, 9.17) is 5.26 Å². The van der Waals surface area contributed by atoms with Gasteiger partial charge in [0.25, 0.3) is 0 Å². The average Bonchev–Trinajstić information content (AvgIpc) is 3.31. The predicted molar refractivity (Wildman–Crippen MR) is 113 cm³/mol. The van der Waals surface area contributed by atoms with E-state index < -0.39 is 0 Å². The highest BCUT2D eigenvalue weighted by Crippen LogP contribution is 2.30. The van der Waals surface area contributed by atoms with Gasteiger partial charge in [0.15, 0.2) is 0 Å². The molecule has 1 saturated heterocycles. The summed E-state index contributed by atoms with van der Waals surface area (Å²) in [5, 5.41) is 9.02. The quantitative estimate of drug-likeness (QED) is 0.781. The lowest BCUT2D eigenvalue weighted by molar-refractivity contribution is -0.143. The maximum absolute atomic E-state index is 13.0. The van der Waals surface area contributed by atoms with Crippen molar-refractivity contribution in [1.82, 2.24) is 19.8 Å². The molecule has 3 rings (SSSR count). The van der Waals surface area contributed by atoms with Gasteiger partial charge in [-0.1, -0.05) is 32.9 Å². The molecule has 1 unspecified atom stereocenters. The fraction of sp³-hybridized carbons (Fsp3) is 0.522. The third-order valence-corrected chi connectivity index (χ3v) is 6.51. The number of imidazole rings is 1. The van der Waals surface area contributed by atoms with Crippen LogP contribution >= 0.6 is 0 Å². The summed E-state index contributed by atoms with van der Waals surface area (Å²) in [4.78, 5) is 25.0. The van der Waals surface area contributed by atoms with E-state index in [0.717, 1.165) is 51.1 Å². The van der Waals surface area contributed by atoms with Gasteiger partial charge < -0.3 is 9.88 Å². The standard InChI is InChI=1S/C23H31N5O/c1-4-23(3,5-2)22(29)28-12-10-27(11-13-28)21(20-16-25-17-26-20)14-18-6-8-19(15-24)9-7-18/h6-9,16-17,21H,4-5,10-14H2,1-3H3,(H,25,26). The van der Waals surface area contributed by atoms with Crippen LogP contribution in [-0.2, 0) is 11.2 Å². The smallest absolute Gasteiger partial charge is 0.228 e. The molecule has 1 aromatic carbocycles. The second-order valence-corrected chi connectivity index (χ2v) is 8.13. The van der Waals surface area contributed by atoms with Crippen molar-refractivity contribution in [2.75, 3.05) is 26.2 Å². The lowest BCUT2D eigenvalue weighted by Crippen LogP contribution is -2.53. The molecule has 0 radical (unpaired) electrons. The highest BCUT2D eigenvalue weighted by molar-refractivity contribution is 5.82. The van der Waals surface area contributed by atoms with E-state index in [-0.39, 0.29) is 17.4 Å². The Labute approximate surface area is 173 Å². The molecule has 6 nitrogen and oxygen atoms in total. The highest BCUT2D eigenvalue weighted by Gasteiger charge is 2.36. The first-order valence-electron chi connectivity index (χ1n) is 10.5. The fourth-order valence-electron chi connectivity index (χ4n) is 3.99. The van der Waals surface area contributed by atoms with Crippen LogP contribution in [0.25, 0.3) is 0 Å². The Hall–Kier alpha value is -2.65. The van der Waals surface area contributed by atoms with Crippen molar-refractivity contribution in [3.8, 4) is 6.07 Å². The molecule has 2 aromatic rings. The van der Waals surface area contributed by atoms with Crippen molar-refractivity contribution in [1.29, 1.82) is 5.26 Å². The Morgan fingerprint density at radius 2 is 1.86 bits per heavy atom. The fourth-order valence-corrected chi connectivity index (χ4v) is 3.99. The van der Waals surface area contributed by atoms with Crippen molar-refractivity contribution in [3.05, 3.63) is 53.6 Å². The van der Waals surface area contributed by atoms with Gasteiger partial charge in [-0.2, -0.15) is 5.26 Å². The van der Waals surface area contributed by atoms with Crippen molar-refractivity contribution < 1.29 is 4.79 Å². The van der Waals surface area contributed by atoms with E-state index in [1.54, 1.807) is 6.33 Å². The van der Waals surface area contributed by atoms with E-state index in [9.17, 15) is 4.79 Å². The molecule has 29 heavy (non-hydrogen) atoms. The summed E-state index contributed by atoms with van der Waals surface area (Å²) in [6.45, 7) is 9.48. The summed E-state index contributed by atoms with van der Waals surface area (Å²) >= 11 is 0. The summed E-state index contributed by atoms with van der Waals surface area (Å²) in [6.07, 6.45) is 6.19. The molecule has 0 bridgehead atoms. The molecule has 1 amide bonds. The van der Waals surface area contributed by atoms with E-state index in [0.29, 0.717) is 5.56 Å². The minimum atomic E-state index is -0.257. The van der Waals surface area contributed by atoms with E-state index in [2.05, 4.69) is 41.7 Å².